The lowest BCUT2D eigenvalue weighted by Gasteiger charge is -2.13. The SMILES string of the molecule is C=NC(=NC(=NCc1ccccc1)c1ccccc1)c1cccc(-n2c3ccccc3c3cc4c(cc32)c2ccccc2c2cc3ccccc3n24)c1. The lowest BCUT2D eigenvalue weighted by Crippen LogP contribution is -2.06. The fourth-order valence-electron chi connectivity index (χ4n) is 7.84. The average Bonchev–Trinajstić information content (AvgIpc) is 3.77. The number of nitrogens with zero attached hydrogens (tertiary/aromatic N) is 5. The number of pyridine rings is 1. The maximum absolute atomic E-state index is 5.05. The minimum Gasteiger partial charge on any atom is -0.309 e. The molecule has 0 aliphatic rings. The van der Waals surface area contributed by atoms with Crippen LogP contribution in [0.25, 0.3) is 65.6 Å². The maximum Gasteiger partial charge on any atom is 0.161 e. The molecule has 3 heterocycles. The molecule has 0 atom stereocenters. The van der Waals surface area contributed by atoms with Crippen molar-refractivity contribution in [3.8, 4) is 5.69 Å². The lowest BCUT2D eigenvalue weighted by molar-refractivity contribution is 1.06. The molecular formula is C48H33N5. The van der Waals surface area contributed by atoms with E-state index < -0.39 is 0 Å². The Morgan fingerprint density at radius 3 is 1.85 bits per heavy atom. The van der Waals surface area contributed by atoms with Gasteiger partial charge in [0.25, 0.3) is 0 Å². The van der Waals surface area contributed by atoms with Gasteiger partial charge < -0.3 is 8.97 Å². The smallest absolute Gasteiger partial charge is 0.161 e. The van der Waals surface area contributed by atoms with E-state index in [0.717, 1.165) is 33.4 Å². The largest absolute Gasteiger partial charge is 0.309 e. The summed E-state index contributed by atoms with van der Waals surface area (Å²) < 4.78 is 4.80. The Kier molecular flexibility index (Phi) is 7.29. The van der Waals surface area contributed by atoms with Crippen molar-refractivity contribution in [2.24, 2.45) is 15.0 Å². The Labute approximate surface area is 306 Å². The highest BCUT2D eigenvalue weighted by atomic mass is 15.0. The van der Waals surface area contributed by atoms with Crippen LogP contribution in [-0.4, -0.2) is 27.4 Å². The van der Waals surface area contributed by atoms with Crippen molar-refractivity contribution in [3.63, 3.8) is 0 Å². The molecule has 0 aliphatic carbocycles. The molecule has 0 aliphatic heterocycles. The molecule has 0 fully saturated rings. The summed E-state index contributed by atoms with van der Waals surface area (Å²) in [5, 5.41) is 7.31. The van der Waals surface area contributed by atoms with Crippen LogP contribution in [-0.2, 0) is 6.54 Å². The molecule has 0 unspecified atom stereocenters. The molecule has 0 bridgehead atoms. The number of hydrogen-bond donors (Lipinski definition) is 0. The van der Waals surface area contributed by atoms with Crippen molar-refractivity contribution in [3.05, 3.63) is 193 Å². The van der Waals surface area contributed by atoms with E-state index in [1.807, 2.05) is 54.6 Å². The number of para-hydroxylation sites is 2. The third-order valence-corrected chi connectivity index (χ3v) is 10.2. The third kappa shape index (κ3) is 5.13. The molecule has 53 heavy (non-hydrogen) atoms. The molecule has 0 N–H and O–H groups in total. The number of aromatic nitrogens is 2. The van der Waals surface area contributed by atoms with E-state index in [1.165, 1.54) is 48.9 Å². The molecule has 7 aromatic carbocycles. The Morgan fingerprint density at radius 2 is 1.06 bits per heavy atom. The van der Waals surface area contributed by atoms with Crippen molar-refractivity contribution in [1.29, 1.82) is 0 Å². The van der Waals surface area contributed by atoms with Gasteiger partial charge in [0, 0.05) is 43.7 Å². The monoisotopic (exact) mass is 679 g/mol. The van der Waals surface area contributed by atoms with Crippen LogP contribution in [0.15, 0.2) is 191 Å². The van der Waals surface area contributed by atoms with Gasteiger partial charge in [0.1, 0.15) is 0 Å². The summed E-state index contributed by atoms with van der Waals surface area (Å²) in [5.74, 6) is 1.13. The number of fused-ring (bicyclic) bond motifs is 11. The van der Waals surface area contributed by atoms with Crippen molar-refractivity contribution in [2.45, 2.75) is 6.54 Å². The summed E-state index contributed by atoms with van der Waals surface area (Å²) in [6, 6.07) is 61.9. The van der Waals surface area contributed by atoms with Gasteiger partial charge in [-0.1, -0.05) is 133 Å². The van der Waals surface area contributed by atoms with Crippen LogP contribution in [0.2, 0.25) is 0 Å². The zero-order valence-electron chi connectivity index (χ0n) is 28.9. The summed E-state index contributed by atoms with van der Waals surface area (Å²) in [7, 11) is 0. The predicted octanol–water partition coefficient (Wildman–Crippen LogP) is 11.6. The first-order valence-electron chi connectivity index (χ1n) is 17.8. The van der Waals surface area contributed by atoms with Gasteiger partial charge in [0.15, 0.2) is 11.7 Å². The van der Waals surface area contributed by atoms with Crippen LogP contribution in [0.3, 0.4) is 0 Å². The van der Waals surface area contributed by atoms with E-state index in [9.17, 15) is 0 Å². The van der Waals surface area contributed by atoms with Crippen LogP contribution in [0.4, 0.5) is 0 Å². The second-order valence-electron chi connectivity index (χ2n) is 13.3. The summed E-state index contributed by atoms with van der Waals surface area (Å²) in [6.07, 6.45) is 0. The molecular weight excluding hydrogens is 647 g/mol. The fourth-order valence-corrected chi connectivity index (χ4v) is 7.84. The second kappa shape index (κ2) is 12.6. The van der Waals surface area contributed by atoms with Gasteiger partial charge in [-0.3, -0.25) is 4.99 Å². The minimum atomic E-state index is 0.508. The topological polar surface area (TPSA) is 46.4 Å². The molecule has 3 aromatic heterocycles. The van der Waals surface area contributed by atoms with Crippen LogP contribution in [0, 0.1) is 0 Å². The first-order valence-corrected chi connectivity index (χ1v) is 17.8. The van der Waals surface area contributed by atoms with Gasteiger partial charge in [-0.25, -0.2) is 9.98 Å². The number of rotatable bonds is 5. The molecule has 0 amide bonds. The van der Waals surface area contributed by atoms with Gasteiger partial charge in [-0.2, -0.15) is 0 Å². The van der Waals surface area contributed by atoms with Gasteiger partial charge in [0.05, 0.1) is 34.1 Å². The highest BCUT2D eigenvalue weighted by Crippen LogP contribution is 2.40. The quantitative estimate of drug-likeness (QED) is 0.0987. The molecule has 5 heteroatoms. The molecule has 0 radical (unpaired) electrons. The first kappa shape index (κ1) is 30.7. The van der Waals surface area contributed by atoms with Crippen LogP contribution in [0.1, 0.15) is 16.7 Å². The van der Waals surface area contributed by atoms with E-state index in [2.05, 4.69) is 142 Å². The van der Waals surface area contributed by atoms with Gasteiger partial charge in [0.2, 0.25) is 0 Å². The second-order valence-corrected chi connectivity index (χ2v) is 13.3. The molecule has 10 rings (SSSR count). The number of hydrogen-bond acceptors (Lipinski definition) is 1. The van der Waals surface area contributed by atoms with E-state index in [0.29, 0.717) is 18.2 Å². The van der Waals surface area contributed by atoms with E-state index in [4.69, 9.17) is 9.98 Å². The normalized spacial score (nSPS) is 12.5. The first-order chi connectivity index (χ1) is 26.2. The predicted molar refractivity (Wildman–Crippen MR) is 223 cm³/mol. The molecule has 10 aromatic rings. The van der Waals surface area contributed by atoms with Crippen molar-refractivity contribution in [2.75, 3.05) is 0 Å². The number of aliphatic imine (C=N–C) groups is 3. The standard InChI is InChI=1S/C48H33N5/c1-49-47(51-48(33-17-6-3-7-18-33)50-31-32-15-4-2-5-16-32)35-20-14-21-36(27-35)52-43-26-13-11-24-39(43)41-30-46-40(29-45(41)52)37-22-9-10-23-38(37)44-28-34-19-8-12-25-42(34)53(44)46/h2-30H,1,31H2. The Hall–Kier alpha value is -7.11. The Bertz CT molecular complexity index is 3090. The fraction of sp³-hybridized carbons (Fsp3) is 0.0208. The minimum absolute atomic E-state index is 0.508. The number of amidine groups is 2. The third-order valence-electron chi connectivity index (χ3n) is 10.2. The van der Waals surface area contributed by atoms with Gasteiger partial charge >= 0.3 is 0 Å². The highest BCUT2D eigenvalue weighted by Gasteiger charge is 2.18. The molecule has 0 saturated heterocycles. The summed E-state index contributed by atoms with van der Waals surface area (Å²) in [5.41, 5.74) is 9.80. The van der Waals surface area contributed by atoms with Gasteiger partial charge in [-0.15, -0.1) is 0 Å². The lowest BCUT2D eigenvalue weighted by atomic mass is 10.0. The van der Waals surface area contributed by atoms with E-state index in [1.54, 1.807) is 0 Å². The van der Waals surface area contributed by atoms with E-state index >= 15 is 0 Å². The van der Waals surface area contributed by atoms with Crippen molar-refractivity contribution in [1.82, 2.24) is 8.97 Å². The zero-order valence-corrected chi connectivity index (χ0v) is 28.9. The summed E-state index contributed by atoms with van der Waals surface area (Å²) in [6.45, 7) is 4.46. The van der Waals surface area contributed by atoms with Crippen LogP contribution < -0.4 is 0 Å². The maximum atomic E-state index is 5.05. The number of benzene rings is 7. The van der Waals surface area contributed by atoms with Crippen LogP contribution in [0.5, 0.6) is 0 Å². The van der Waals surface area contributed by atoms with Crippen LogP contribution >= 0.6 is 0 Å². The summed E-state index contributed by atoms with van der Waals surface area (Å²) in [4.78, 5) is 14.5. The van der Waals surface area contributed by atoms with Crippen molar-refractivity contribution < 1.29 is 0 Å². The molecule has 0 saturated carbocycles. The molecule has 250 valence electrons. The average molecular weight is 680 g/mol. The molecule has 0 spiro atoms. The Balaban J connectivity index is 1.19. The van der Waals surface area contributed by atoms with Gasteiger partial charge in [-0.05, 0) is 60.1 Å². The zero-order chi connectivity index (χ0) is 35.3. The van der Waals surface area contributed by atoms with E-state index in [-0.39, 0.29) is 0 Å². The highest BCUT2D eigenvalue weighted by molar-refractivity contribution is 6.21. The Morgan fingerprint density at radius 1 is 0.453 bits per heavy atom. The molecule has 5 nitrogen and oxygen atoms in total. The van der Waals surface area contributed by atoms with Crippen molar-refractivity contribution >= 4 is 78.3 Å². The summed E-state index contributed by atoms with van der Waals surface area (Å²) >= 11 is 0.